The second-order valence-electron chi connectivity index (χ2n) is 11.1. The lowest BCUT2D eigenvalue weighted by atomic mass is 10.0. The molecule has 7 heteroatoms. The van der Waals surface area contributed by atoms with E-state index in [1.54, 1.807) is 4.90 Å². The SMILES string of the molecule is CCCCCCCCCCCCN(CCCCCCCCCCCC)c1cc(C(F)(F)F)cc(C(F)(F)F)c1. The number of hydrogen-bond acceptors (Lipinski definition) is 1. The van der Waals surface area contributed by atoms with Crippen molar-refractivity contribution >= 4 is 5.69 Å². The van der Waals surface area contributed by atoms with E-state index in [1.165, 1.54) is 77.0 Å². The summed E-state index contributed by atoms with van der Waals surface area (Å²) in [6, 6.07) is 2.01. The van der Waals surface area contributed by atoms with E-state index in [-0.39, 0.29) is 11.8 Å². The number of nitrogens with zero attached hydrogens (tertiary/aromatic N) is 1. The second-order valence-corrected chi connectivity index (χ2v) is 11.1. The zero-order valence-corrected chi connectivity index (χ0v) is 24.5. The maximum atomic E-state index is 13.5. The molecule has 228 valence electrons. The third-order valence-electron chi connectivity index (χ3n) is 7.50. The van der Waals surface area contributed by atoms with Crippen LogP contribution in [0.2, 0.25) is 0 Å². The molecule has 1 aromatic carbocycles. The van der Waals surface area contributed by atoms with Gasteiger partial charge in [0.05, 0.1) is 11.1 Å². The van der Waals surface area contributed by atoms with Crippen LogP contribution in [-0.4, -0.2) is 13.1 Å². The predicted octanol–water partition coefficient (Wildman–Crippen LogP) is 12.4. The number of anilines is 1. The van der Waals surface area contributed by atoms with Gasteiger partial charge in [0, 0.05) is 18.8 Å². The molecule has 0 aromatic heterocycles. The van der Waals surface area contributed by atoms with Gasteiger partial charge in [0.2, 0.25) is 0 Å². The summed E-state index contributed by atoms with van der Waals surface area (Å²) in [5.41, 5.74) is -2.43. The third-order valence-corrected chi connectivity index (χ3v) is 7.50. The fourth-order valence-corrected chi connectivity index (χ4v) is 5.07. The average Bonchev–Trinajstić information content (AvgIpc) is 2.88. The number of alkyl halides is 6. The Balaban J connectivity index is 2.67. The first kappa shape index (κ1) is 35.6. The summed E-state index contributed by atoms with van der Waals surface area (Å²) in [6.45, 7) is 5.35. The first-order valence-electron chi connectivity index (χ1n) is 15.6. The van der Waals surface area contributed by atoms with Gasteiger partial charge < -0.3 is 4.90 Å². The van der Waals surface area contributed by atoms with E-state index >= 15 is 0 Å². The van der Waals surface area contributed by atoms with Crippen LogP contribution >= 0.6 is 0 Å². The van der Waals surface area contributed by atoms with Gasteiger partial charge in [-0.25, -0.2) is 0 Å². The molecule has 1 nitrogen and oxygen atoms in total. The molecule has 0 fully saturated rings. The van der Waals surface area contributed by atoms with Gasteiger partial charge >= 0.3 is 12.4 Å². The monoisotopic (exact) mass is 565 g/mol. The topological polar surface area (TPSA) is 3.24 Å². The largest absolute Gasteiger partial charge is 0.416 e. The van der Waals surface area contributed by atoms with Crippen LogP contribution in [0.1, 0.15) is 153 Å². The van der Waals surface area contributed by atoms with E-state index in [9.17, 15) is 26.3 Å². The minimum absolute atomic E-state index is 0.0315. The van der Waals surface area contributed by atoms with Gasteiger partial charge in [0.15, 0.2) is 0 Å². The van der Waals surface area contributed by atoms with E-state index in [0.717, 1.165) is 63.5 Å². The normalized spacial score (nSPS) is 12.3. The van der Waals surface area contributed by atoms with E-state index in [0.29, 0.717) is 13.1 Å². The molecule has 0 N–H and O–H groups in total. The zero-order valence-electron chi connectivity index (χ0n) is 24.5. The summed E-state index contributed by atoms with van der Waals surface area (Å²) in [6.07, 6.45) is 13.1. The molecule has 1 rings (SSSR count). The van der Waals surface area contributed by atoms with E-state index in [4.69, 9.17) is 0 Å². The van der Waals surface area contributed by atoms with Crippen LogP contribution in [0, 0.1) is 0 Å². The maximum Gasteiger partial charge on any atom is 0.416 e. The Morgan fingerprint density at radius 3 is 1.00 bits per heavy atom. The second kappa shape index (κ2) is 20.5. The summed E-state index contributed by atoms with van der Waals surface area (Å²) in [7, 11) is 0. The molecule has 0 amide bonds. The number of hydrogen-bond donors (Lipinski definition) is 0. The van der Waals surface area contributed by atoms with Crippen LogP contribution in [0.25, 0.3) is 0 Å². The Hall–Kier alpha value is -1.40. The molecule has 39 heavy (non-hydrogen) atoms. The molecule has 0 saturated carbocycles. The van der Waals surface area contributed by atoms with Gasteiger partial charge in [-0.3, -0.25) is 0 Å². The smallest absolute Gasteiger partial charge is 0.372 e. The molecule has 0 aliphatic heterocycles. The van der Waals surface area contributed by atoms with Crippen LogP contribution in [-0.2, 0) is 12.4 Å². The van der Waals surface area contributed by atoms with Crippen LogP contribution in [0.3, 0.4) is 0 Å². The number of unbranched alkanes of at least 4 members (excludes halogenated alkanes) is 18. The lowest BCUT2D eigenvalue weighted by Gasteiger charge is -2.27. The molecular weight excluding hydrogens is 512 g/mol. The van der Waals surface area contributed by atoms with Crippen LogP contribution in [0.5, 0.6) is 0 Å². The number of halogens is 6. The molecule has 0 aliphatic rings. The highest BCUT2D eigenvalue weighted by Crippen LogP contribution is 2.38. The first-order chi connectivity index (χ1) is 18.6. The van der Waals surface area contributed by atoms with Crippen molar-refractivity contribution in [3.63, 3.8) is 0 Å². The standard InChI is InChI=1S/C32H53F6N/c1-3-5-7-9-11-13-15-17-19-21-23-39(24-22-20-18-16-14-12-10-8-6-4-2)30-26-28(31(33,34)35)25-29(27-30)32(36,37)38/h25-27H,3-24H2,1-2H3. The van der Waals surface area contributed by atoms with Crippen molar-refractivity contribution in [2.45, 2.75) is 155 Å². The third kappa shape index (κ3) is 17.1. The van der Waals surface area contributed by atoms with Gasteiger partial charge in [0.1, 0.15) is 0 Å². The molecule has 0 bridgehead atoms. The molecular formula is C32H53F6N. The Labute approximate surface area is 234 Å². The minimum Gasteiger partial charge on any atom is -0.372 e. The minimum atomic E-state index is -4.82. The molecule has 0 heterocycles. The number of benzene rings is 1. The Kier molecular flexibility index (Phi) is 18.7. The summed E-state index contributed by atoms with van der Waals surface area (Å²) >= 11 is 0. The van der Waals surface area contributed by atoms with Gasteiger partial charge in [-0.1, -0.05) is 129 Å². The molecule has 0 atom stereocenters. The average molecular weight is 566 g/mol. The quantitative estimate of drug-likeness (QED) is 0.0942. The first-order valence-corrected chi connectivity index (χ1v) is 15.6. The van der Waals surface area contributed by atoms with Crippen molar-refractivity contribution in [1.82, 2.24) is 0 Å². The summed E-state index contributed by atoms with van der Waals surface area (Å²) in [5.74, 6) is 0. The van der Waals surface area contributed by atoms with Gasteiger partial charge in [-0.05, 0) is 31.0 Å². The maximum absolute atomic E-state index is 13.5. The van der Waals surface area contributed by atoms with Crippen LogP contribution in [0.15, 0.2) is 18.2 Å². The summed E-state index contributed by atoms with van der Waals surface area (Å²) in [4.78, 5) is 1.75. The Morgan fingerprint density at radius 1 is 0.436 bits per heavy atom. The summed E-state index contributed by atoms with van der Waals surface area (Å²) < 4.78 is 80.8. The van der Waals surface area contributed by atoms with E-state index < -0.39 is 23.5 Å². The van der Waals surface area contributed by atoms with Crippen molar-refractivity contribution < 1.29 is 26.3 Å². The van der Waals surface area contributed by atoms with E-state index in [2.05, 4.69) is 13.8 Å². The van der Waals surface area contributed by atoms with Crippen molar-refractivity contribution in [2.75, 3.05) is 18.0 Å². The van der Waals surface area contributed by atoms with E-state index in [1.807, 2.05) is 0 Å². The predicted molar refractivity (Wildman–Crippen MR) is 152 cm³/mol. The molecule has 0 spiro atoms. The molecule has 0 radical (unpaired) electrons. The van der Waals surface area contributed by atoms with Crippen LogP contribution < -0.4 is 4.90 Å². The lowest BCUT2D eigenvalue weighted by molar-refractivity contribution is -0.143. The number of rotatable bonds is 23. The van der Waals surface area contributed by atoms with Gasteiger partial charge in [-0.15, -0.1) is 0 Å². The van der Waals surface area contributed by atoms with Gasteiger partial charge in [0.25, 0.3) is 0 Å². The highest BCUT2D eigenvalue weighted by atomic mass is 19.4. The zero-order chi connectivity index (χ0) is 29.0. The Morgan fingerprint density at radius 2 is 0.718 bits per heavy atom. The Bertz CT molecular complexity index is 672. The molecule has 1 aromatic rings. The molecule has 0 saturated heterocycles. The lowest BCUT2D eigenvalue weighted by Crippen LogP contribution is -2.27. The highest BCUT2D eigenvalue weighted by Gasteiger charge is 2.37. The van der Waals surface area contributed by atoms with Crippen molar-refractivity contribution in [1.29, 1.82) is 0 Å². The highest BCUT2D eigenvalue weighted by molar-refractivity contribution is 5.52. The van der Waals surface area contributed by atoms with Crippen molar-refractivity contribution in [2.24, 2.45) is 0 Å². The molecule has 0 unspecified atom stereocenters. The van der Waals surface area contributed by atoms with Crippen LogP contribution in [0.4, 0.5) is 32.0 Å². The molecule has 0 aliphatic carbocycles. The fourth-order valence-electron chi connectivity index (χ4n) is 5.07. The summed E-state index contributed by atoms with van der Waals surface area (Å²) in [5, 5.41) is 0. The van der Waals surface area contributed by atoms with Crippen molar-refractivity contribution in [3.8, 4) is 0 Å². The fraction of sp³-hybridized carbons (Fsp3) is 0.812. The van der Waals surface area contributed by atoms with Gasteiger partial charge in [-0.2, -0.15) is 26.3 Å². The van der Waals surface area contributed by atoms with Crippen molar-refractivity contribution in [3.05, 3.63) is 29.3 Å².